The molecule has 25 heavy (non-hydrogen) atoms. The normalized spacial score (nSPS) is 16.3. The molecule has 0 saturated carbocycles. The van der Waals surface area contributed by atoms with E-state index in [9.17, 15) is 0 Å². The summed E-state index contributed by atoms with van der Waals surface area (Å²) in [5.74, 6) is 2.50. The molecule has 1 aliphatic heterocycles. The lowest BCUT2D eigenvalue weighted by Gasteiger charge is -2.34. The number of hydrogen-bond donors (Lipinski definition) is 1. The number of anilines is 2. The average molecular weight is 346 g/mol. The molecule has 3 heterocycles. The molecular formula is C16H26N8O. The first-order valence-electron chi connectivity index (χ1n) is 8.46. The molecule has 0 radical (unpaired) electrons. The van der Waals surface area contributed by atoms with Gasteiger partial charge in [-0.3, -0.25) is 9.80 Å². The van der Waals surface area contributed by atoms with Crippen LogP contribution >= 0.6 is 0 Å². The van der Waals surface area contributed by atoms with Crippen molar-refractivity contribution in [3.05, 3.63) is 22.8 Å². The molecule has 0 unspecified atom stereocenters. The number of piperazine rings is 1. The van der Waals surface area contributed by atoms with Crippen LogP contribution in [0.3, 0.4) is 0 Å². The predicted octanol–water partition coefficient (Wildman–Crippen LogP) is 0.442. The zero-order valence-electron chi connectivity index (χ0n) is 15.4. The lowest BCUT2D eigenvalue weighted by atomic mass is 10.2. The number of nitrogens with two attached hydrogens (primary N) is 1. The van der Waals surface area contributed by atoms with Crippen LogP contribution in [0.2, 0.25) is 0 Å². The standard InChI is InChI=1S/C16H26N8O/c1-11-13(12(2)25-21-11)9-23-5-7-24(8-6-23)10-14-18-15(17)20-16(19-14)22(3)4/h5-10H2,1-4H3,(H2,17,18,19,20). The van der Waals surface area contributed by atoms with Crippen molar-refractivity contribution >= 4 is 11.9 Å². The van der Waals surface area contributed by atoms with E-state index in [2.05, 4.69) is 29.9 Å². The van der Waals surface area contributed by atoms with E-state index in [1.807, 2.05) is 32.8 Å². The van der Waals surface area contributed by atoms with Gasteiger partial charge in [0.15, 0.2) is 0 Å². The first-order valence-corrected chi connectivity index (χ1v) is 8.46. The van der Waals surface area contributed by atoms with Crippen molar-refractivity contribution in [1.29, 1.82) is 0 Å². The summed E-state index contributed by atoms with van der Waals surface area (Å²) in [6.07, 6.45) is 0. The second-order valence-corrected chi connectivity index (χ2v) is 6.66. The second-order valence-electron chi connectivity index (χ2n) is 6.66. The Morgan fingerprint density at radius 1 is 1.00 bits per heavy atom. The molecule has 1 fully saturated rings. The Bertz CT molecular complexity index is 701. The van der Waals surface area contributed by atoms with Crippen LogP contribution in [0.25, 0.3) is 0 Å². The zero-order chi connectivity index (χ0) is 18.0. The number of nitrogens with zero attached hydrogens (tertiary/aromatic N) is 7. The van der Waals surface area contributed by atoms with Gasteiger partial charge in [0.1, 0.15) is 11.6 Å². The Kier molecular flexibility index (Phi) is 5.14. The Morgan fingerprint density at radius 3 is 2.20 bits per heavy atom. The van der Waals surface area contributed by atoms with Crippen molar-refractivity contribution in [2.75, 3.05) is 50.9 Å². The third-order valence-electron chi connectivity index (χ3n) is 4.48. The van der Waals surface area contributed by atoms with E-state index in [0.29, 0.717) is 12.5 Å². The molecule has 9 heteroatoms. The first-order chi connectivity index (χ1) is 11.9. The first kappa shape index (κ1) is 17.6. The molecule has 0 bridgehead atoms. The second kappa shape index (κ2) is 7.32. The van der Waals surface area contributed by atoms with Gasteiger partial charge >= 0.3 is 0 Å². The van der Waals surface area contributed by atoms with Crippen LogP contribution in [-0.4, -0.2) is 70.2 Å². The summed E-state index contributed by atoms with van der Waals surface area (Å²) in [5.41, 5.74) is 7.98. The van der Waals surface area contributed by atoms with Gasteiger partial charge in [-0.1, -0.05) is 5.16 Å². The van der Waals surface area contributed by atoms with Gasteiger partial charge in [0.05, 0.1) is 12.2 Å². The van der Waals surface area contributed by atoms with E-state index in [4.69, 9.17) is 10.3 Å². The number of nitrogen functional groups attached to an aromatic ring is 1. The molecule has 0 amide bonds. The molecule has 0 spiro atoms. The Hall–Kier alpha value is -2.26. The minimum absolute atomic E-state index is 0.269. The average Bonchev–Trinajstić information content (AvgIpc) is 2.88. The summed E-state index contributed by atoms with van der Waals surface area (Å²) in [6.45, 7) is 9.45. The monoisotopic (exact) mass is 346 g/mol. The molecule has 9 nitrogen and oxygen atoms in total. The molecule has 2 N–H and O–H groups in total. The summed E-state index contributed by atoms with van der Waals surface area (Å²) in [7, 11) is 3.79. The minimum Gasteiger partial charge on any atom is -0.368 e. The van der Waals surface area contributed by atoms with Crippen LogP contribution in [0.5, 0.6) is 0 Å². The van der Waals surface area contributed by atoms with Crippen LogP contribution < -0.4 is 10.6 Å². The van der Waals surface area contributed by atoms with Gasteiger partial charge in [-0.2, -0.15) is 15.0 Å². The highest BCUT2D eigenvalue weighted by atomic mass is 16.5. The highest BCUT2D eigenvalue weighted by molar-refractivity contribution is 5.32. The van der Waals surface area contributed by atoms with Gasteiger partial charge in [-0.25, -0.2) is 0 Å². The smallest absolute Gasteiger partial charge is 0.229 e. The molecule has 2 aromatic rings. The lowest BCUT2D eigenvalue weighted by Crippen LogP contribution is -2.45. The summed E-state index contributed by atoms with van der Waals surface area (Å²) in [4.78, 5) is 19.5. The SMILES string of the molecule is Cc1noc(C)c1CN1CCN(Cc2nc(N)nc(N(C)C)n2)CC1. The number of aromatic nitrogens is 4. The van der Waals surface area contributed by atoms with Crippen LogP contribution in [0.1, 0.15) is 22.8 Å². The van der Waals surface area contributed by atoms with E-state index < -0.39 is 0 Å². The van der Waals surface area contributed by atoms with Gasteiger partial charge < -0.3 is 15.2 Å². The third kappa shape index (κ3) is 4.23. The maximum absolute atomic E-state index is 5.80. The van der Waals surface area contributed by atoms with Crippen molar-refractivity contribution in [3.63, 3.8) is 0 Å². The van der Waals surface area contributed by atoms with Crippen LogP contribution in [0, 0.1) is 13.8 Å². The highest BCUT2D eigenvalue weighted by Crippen LogP contribution is 2.17. The number of rotatable bonds is 5. The topological polar surface area (TPSA) is 100 Å². The third-order valence-corrected chi connectivity index (χ3v) is 4.48. The van der Waals surface area contributed by atoms with Crippen molar-refractivity contribution in [2.24, 2.45) is 0 Å². The van der Waals surface area contributed by atoms with Crippen molar-refractivity contribution in [3.8, 4) is 0 Å². The van der Waals surface area contributed by atoms with Gasteiger partial charge in [-0.15, -0.1) is 0 Å². The Balaban J connectivity index is 1.56. The number of aryl methyl sites for hydroxylation is 2. The van der Waals surface area contributed by atoms with Crippen LogP contribution in [0.4, 0.5) is 11.9 Å². The highest BCUT2D eigenvalue weighted by Gasteiger charge is 2.21. The molecule has 3 rings (SSSR count). The van der Waals surface area contributed by atoms with Gasteiger partial charge in [-0.05, 0) is 13.8 Å². The van der Waals surface area contributed by atoms with Crippen molar-refractivity contribution in [2.45, 2.75) is 26.9 Å². The van der Waals surface area contributed by atoms with Gasteiger partial charge in [0, 0.05) is 52.4 Å². The summed E-state index contributed by atoms with van der Waals surface area (Å²) >= 11 is 0. The summed E-state index contributed by atoms with van der Waals surface area (Å²) in [5, 5.41) is 4.03. The van der Waals surface area contributed by atoms with Crippen LogP contribution in [-0.2, 0) is 13.1 Å². The van der Waals surface area contributed by atoms with Gasteiger partial charge in [0.2, 0.25) is 11.9 Å². The molecule has 0 aromatic carbocycles. The molecule has 136 valence electrons. The summed E-state index contributed by atoms with van der Waals surface area (Å²) in [6, 6.07) is 0. The quantitative estimate of drug-likeness (QED) is 0.826. The largest absolute Gasteiger partial charge is 0.368 e. The summed E-state index contributed by atoms with van der Waals surface area (Å²) < 4.78 is 5.25. The van der Waals surface area contributed by atoms with Gasteiger partial charge in [0.25, 0.3) is 0 Å². The van der Waals surface area contributed by atoms with E-state index in [1.165, 1.54) is 5.56 Å². The maximum atomic E-state index is 5.80. The van der Waals surface area contributed by atoms with E-state index >= 15 is 0 Å². The fourth-order valence-corrected chi connectivity index (χ4v) is 2.95. The van der Waals surface area contributed by atoms with E-state index in [-0.39, 0.29) is 5.95 Å². The molecule has 0 atom stereocenters. The fourth-order valence-electron chi connectivity index (χ4n) is 2.95. The van der Waals surface area contributed by atoms with Crippen LogP contribution in [0.15, 0.2) is 4.52 Å². The number of hydrogen-bond acceptors (Lipinski definition) is 9. The molecular weight excluding hydrogens is 320 g/mol. The molecule has 1 aliphatic rings. The Morgan fingerprint density at radius 2 is 1.64 bits per heavy atom. The minimum atomic E-state index is 0.269. The van der Waals surface area contributed by atoms with Crippen molar-refractivity contribution < 1.29 is 4.52 Å². The van der Waals surface area contributed by atoms with E-state index in [0.717, 1.165) is 50.0 Å². The zero-order valence-corrected chi connectivity index (χ0v) is 15.4. The fraction of sp³-hybridized carbons (Fsp3) is 0.625. The predicted molar refractivity (Wildman–Crippen MR) is 95.1 cm³/mol. The molecule has 1 saturated heterocycles. The van der Waals surface area contributed by atoms with E-state index in [1.54, 1.807) is 0 Å². The Labute approximate surface area is 147 Å². The maximum Gasteiger partial charge on any atom is 0.229 e. The molecule has 0 aliphatic carbocycles. The lowest BCUT2D eigenvalue weighted by molar-refractivity contribution is 0.119. The molecule has 2 aromatic heterocycles. The van der Waals surface area contributed by atoms with Crippen molar-refractivity contribution in [1.82, 2.24) is 29.9 Å².